The highest BCUT2D eigenvalue weighted by Crippen LogP contribution is 2.36. The van der Waals surface area contributed by atoms with Crippen molar-refractivity contribution < 1.29 is 5.11 Å². The summed E-state index contributed by atoms with van der Waals surface area (Å²) in [4.78, 5) is 4.57. The van der Waals surface area contributed by atoms with Crippen LogP contribution in [0.1, 0.15) is 16.8 Å². The minimum absolute atomic E-state index is 0.569. The number of aliphatic hydroxyl groups is 1. The third-order valence-corrected chi connectivity index (χ3v) is 4.67. The zero-order valence-electron chi connectivity index (χ0n) is 13.4. The molecule has 0 saturated heterocycles. The summed E-state index contributed by atoms with van der Waals surface area (Å²) in [6, 6.07) is 26.8. The van der Waals surface area contributed by atoms with Gasteiger partial charge in [0.2, 0.25) is 0 Å². The maximum atomic E-state index is 11.8. The molecule has 0 amide bonds. The molecule has 25 heavy (non-hydrogen) atoms. The molecule has 0 atom stereocenters. The van der Waals surface area contributed by atoms with Crippen LogP contribution < -0.4 is 0 Å². The first-order valence-corrected chi connectivity index (χ1v) is 8.45. The van der Waals surface area contributed by atoms with Crippen LogP contribution in [0.4, 0.5) is 0 Å². The van der Waals surface area contributed by atoms with Crippen LogP contribution in [0.3, 0.4) is 0 Å². The van der Waals surface area contributed by atoms with Gasteiger partial charge in [-0.2, -0.15) is 0 Å². The summed E-state index contributed by atoms with van der Waals surface area (Å²) in [6.07, 6.45) is 1.78. The molecule has 0 aliphatic heterocycles. The molecule has 0 spiro atoms. The zero-order chi connectivity index (χ0) is 17.3. The van der Waals surface area contributed by atoms with Gasteiger partial charge in [0, 0.05) is 16.6 Å². The molecule has 0 bridgehead atoms. The Bertz CT molecular complexity index is 976. The molecule has 0 radical (unpaired) electrons. The van der Waals surface area contributed by atoms with E-state index >= 15 is 0 Å². The van der Waals surface area contributed by atoms with Crippen LogP contribution in [0.2, 0.25) is 5.02 Å². The van der Waals surface area contributed by atoms with E-state index in [0.717, 1.165) is 21.9 Å². The Kier molecular flexibility index (Phi) is 4.00. The van der Waals surface area contributed by atoms with Crippen molar-refractivity contribution in [2.75, 3.05) is 0 Å². The van der Waals surface area contributed by atoms with Crippen molar-refractivity contribution in [3.8, 4) is 0 Å². The number of benzene rings is 3. The lowest BCUT2D eigenvalue weighted by Gasteiger charge is -2.29. The summed E-state index contributed by atoms with van der Waals surface area (Å²) >= 11 is 6.14. The van der Waals surface area contributed by atoms with Gasteiger partial charge in [-0.05, 0) is 34.7 Å². The van der Waals surface area contributed by atoms with Crippen molar-refractivity contribution >= 4 is 22.4 Å². The minimum atomic E-state index is -1.33. The molecule has 2 nitrogen and oxygen atoms in total. The Balaban J connectivity index is 1.98. The van der Waals surface area contributed by atoms with E-state index in [2.05, 4.69) is 4.98 Å². The van der Waals surface area contributed by atoms with E-state index in [0.29, 0.717) is 10.7 Å². The van der Waals surface area contributed by atoms with Crippen LogP contribution in [0.5, 0.6) is 0 Å². The molecule has 1 heterocycles. The maximum Gasteiger partial charge on any atom is 0.157 e. The first-order valence-electron chi connectivity index (χ1n) is 8.07. The van der Waals surface area contributed by atoms with Gasteiger partial charge in [-0.15, -0.1) is 0 Å². The number of hydrogen-bond donors (Lipinski definition) is 1. The second kappa shape index (κ2) is 6.32. The van der Waals surface area contributed by atoms with Crippen LogP contribution in [0, 0.1) is 0 Å². The third kappa shape index (κ3) is 2.80. The molecule has 122 valence electrons. The first kappa shape index (κ1) is 15.8. The summed E-state index contributed by atoms with van der Waals surface area (Å²) in [6.45, 7) is 0. The monoisotopic (exact) mass is 345 g/mol. The van der Waals surface area contributed by atoms with E-state index in [9.17, 15) is 5.11 Å². The molecule has 1 N–H and O–H groups in total. The quantitative estimate of drug-likeness (QED) is 0.555. The van der Waals surface area contributed by atoms with Gasteiger partial charge < -0.3 is 5.11 Å². The summed E-state index contributed by atoms with van der Waals surface area (Å²) in [5.74, 6) is 0. The van der Waals surface area contributed by atoms with E-state index in [-0.39, 0.29) is 0 Å². The molecule has 1 aromatic heterocycles. The maximum absolute atomic E-state index is 11.8. The summed E-state index contributed by atoms with van der Waals surface area (Å²) in [5.41, 5.74) is 0.781. The second-order valence-electron chi connectivity index (χ2n) is 6.00. The van der Waals surface area contributed by atoms with Gasteiger partial charge in [0.15, 0.2) is 5.60 Å². The highest BCUT2D eigenvalue weighted by atomic mass is 35.5. The molecule has 3 aromatic carbocycles. The molecule has 0 unspecified atom stereocenters. The fourth-order valence-corrected chi connectivity index (χ4v) is 3.31. The van der Waals surface area contributed by atoms with E-state index < -0.39 is 5.60 Å². The van der Waals surface area contributed by atoms with Gasteiger partial charge in [-0.25, -0.2) is 0 Å². The number of nitrogens with zero attached hydrogens (tertiary/aromatic N) is 1. The van der Waals surface area contributed by atoms with Gasteiger partial charge >= 0.3 is 0 Å². The highest BCUT2D eigenvalue weighted by molar-refractivity contribution is 6.31. The SMILES string of the molecule is OC(c1ccccc1)(c1ccccc1)c1cc2cc(Cl)ccc2cn1. The van der Waals surface area contributed by atoms with Gasteiger partial charge in [0.25, 0.3) is 0 Å². The number of pyridine rings is 1. The number of rotatable bonds is 3. The molecule has 3 heteroatoms. The fourth-order valence-electron chi connectivity index (χ4n) is 3.13. The predicted molar refractivity (Wildman–Crippen MR) is 102 cm³/mol. The largest absolute Gasteiger partial charge is 0.374 e. The van der Waals surface area contributed by atoms with E-state index in [1.165, 1.54) is 0 Å². The summed E-state index contributed by atoms with van der Waals surface area (Å²) < 4.78 is 0. The van der Waals surface area contributed by atoms with Crippen molar-refractivity contribution in [2.45, 2.75) is 5.60 Å². The lowest BCUT2D eigenvalue weighted by molar-refractivity contribution is 0.121. The lowest BCUT2D eigenvalue weighted by Crippen LogP contribution is -2.29. The van der Waals surface area contributed by atoms with Crippen LogP contribution in [0.25, 0.3) is 10.8 Å². The second-order valence-corrected chi connectivity index (χ2v) is 6.44. The van der Waals surface area contributed by atoms with Crippen molar-refractivity contribution in [3.05, 3.63) is 113 Å². The topological polar surface area (TPSA) is 33.1 Å². The molecule has 4 aromatic rings. The van der Waals surface area contributed by atoms with Gasteiger partial charge in [-0.3, -0.25) is 4.98 Å². The smallest absolute Gasteiger partial charge is 0.157 e. The van der Waals surface area contributed by atoms with Gasteiger partial charge in [0.05, 0.1) is 5.69 Å². The van der Waals surface area contributed by atoms with Gasteiger partial charge in [0.1, 0.15) is 0 Å². The highest BCUT2D eigenvalue weighted by Gasteiger charge is 2.35. The molecular weight excluding hydrogens is 330 g/mol. The molecule has 0 aliphatic rings. The van der Waals surface area contributed by atoms with Crippen LogP contribution in [-0.4, -0.2) is 10.1 Å². The average Bonchev–Trinajstić information content (AvgIpc) is 2.68. The third-order valence-electron chi connectivity index (χ3n) is 4.44. The Hall–Kier alpha value is -2.68. The fraction of sp³-hybridized carbons (Fsp3) is 0.0455. The molecule has 4 rings (SSSR count). The molecule has 0 saturated carbocycles. The molecular formula is C22H16ClNO. The van der Waals surface area contributed by atoms with E-state index in [4.69, 9.17) is 11.6 Å². The Morgan fingerprint density at radius 3 is 1.92 bits per heavy atom. The lowest BCUT2D eigenvalue weighted by atomic mass is 9.83. The van der Waals surface area contributed by atoms with Crippen molar-refractivity contribution in [1.29, 1.82) is 0 Å². The van der Waals surface area contributed by atoms with E-state index in [1.54, 1.807) is 6.20 Å². The normalized spacial score (nSPS) is 11.6. The number of fused-ring (bicyclic) bond motifs is 1. The average molecular weight is 346 g/mol. The minimum Gasteiger partial charge on any atom is -0.374 e. The summed E-state index contributed by atoms with van der Waals surface area (Å²) in [7, 11) is 0. The molecule has 0 aliphatic carbocycles. The zero-order valence-corrected chi connectivity index (χ0v) is 14.2. The number of aromatic nitrogens is 1. The Morgan fingerprint density at radius 2 is 1.32 bits per heavy atom. The van der Waals surface area contributed by atoms with E-state index in [1.807, 2.05) is 84.9 Å². The van der Waals surface area contributed by atoms with Crippen molar-refractivity contribution in [1.82, 2.24) is 4.98 Å². The van der Waals surface area contributed by atoms with Crippen LogP contribution in [-0.2, 0) is 5.60 Å². The molecule has 0 fully saturated rings. The van der Waals surface area contributed by atoms with Crippen molar-refractivity contribution in [2.24, 2.45) is 0 Å². The predicted octanol–water partition coefficient (Wildman–Crippen LogP) is 5.17. The standard InChI is InChI=1S/C22H16ClNO/c23-20-12-11-16-15-24-21(14-17(16)13-20)22(25,18-7-3-1-4-8-18)19-9-5-2-6-10-19/h1-15,25H. The van der Waals surface area contributed by atoms with Crippen LogP contribution in [0.15, 0.2) is 91.1 Å². The van der Waals surface area contributed by atoms with Crippen LogP contribution >= 0.6 is 11.6 Å². The number of halogens is 1. The summed E-state index contributed by atoms with van der Waals surface area (Å²) in [5, 5.41) is 14.3. The Labute approximate surface area is 151 Å². The van der Waals surface area contributed by atoms with Gasteiger partial charge in [-0.1, -0.05) is 78.3 Å². The number of hydrogen-bond acceptors (Lipinski definition) is 2. The van der Waals surface area contributed by atoms with Crippen molar-refractivity contribution in [3.63, 3.8) is 0 Å². The first-order chi connectivity index (χ1) is 12.2. The Morgan fingerprint density at radius 1 is 0.720 bits per heavy atom.